The molecule has 1 atom stereocenters. The Bertz CT molecular complexity index is 1340. The molecule has 35 heavy (non-hydrogen) atoms. The fourth-order valence-electron chi connectivity index (χ4n) is 3.37. The first-order valence-electron chi connectivity index (χ1n) is 10.7. The fourth-order valence-corrected chi connectivity index (χ4v) is 3.37. The van der Waals surface area contributed by atoms with E-state index in [1.54, 1.807) is 12.1 Å². The maximum Gasteiger partial charge on any atom is 0.272 e. The van der Waals surface area contributed by atoms with Crippen molar-refractivity contribution < 1.29 is 28.3 Å². The van der Waals surface area contributed by atoms with E-state index in [1.807, 2.05) is 37.3 Å². The summed E-state index contributed by atoms with van der Waals surface area (Å²) in [6.07, 6.45) is 0.881. The molecule has 1 heterocycles. The van der Waals surface area contributed by atoms with Crippen LogP contribution in [0.4, 0.5) is 10.1 Å². The summed E-state index contributed by atoms with van der Waals surface area (Å²) in [6, 6.07) is 16.2. The van der Waals surface area contributed by atoms with E-state index < -0.39 is 16.4 Å². The van der Waals surface area contributed by atoms with Crippen molar-refractivity contribution >= 4 is 16.6 Å². The third kappa shape index (κ3) is 5.61. The number of nitro groups is 1. The van der Waals surface area contributed by atoms with E-state index >= 15 is 0 Å². The standard InChI is InChI=1S/C25H22FN3O6/c1-16(13-33-14-17-6-4-3-5-7-17)34-24-22(32-2)11-9-20-23(24)25(28-15-27-20)35-21-10-8-18(29(30)31)12-19(21)26/h3-12,15-16H,13-14H2,1-2H3/t16-/m1/s1. The summed E-state index contributed by atoms with van der Waals surface area (Å²) in [7, 11) is 1.49. The van der Waals surface area contributed by atoms with Crippen LogP contribution in [-0.4, -0.2) is 34.7 Å². The van der Waals surface area contributed by atoms with Gasteiger partial charge in [0.25, 0.3) is 5.69 Å². The van der Waals surface area contributed by atoms with Crippen molar-refractivity contribution in [3.63, 3.8) is 0 Å². The van der Waals surface area contributed by atoms with Gasteiger partial charge in [-0.15, -0.1) is 0 Å². The van der Waals surface area contributed by atoms with Crippen molar-refractivity contribution in [3.05, 3.63) is 88.5 Å². The number of aromatic nitrogens is 2. The van der Waals surface area contributed by atoms with E-state index in [4.69, 9.17) is 18.9 Å². The van der Waals surface area contributed by atoms with Gasteiger partial charge in [0, 0.05) is 6.07 Å². The topological polar surface area (TPSA) is 106 Å². The molecule has 0 saturated heterocycles. The summed E-state index contributed by atoms with van der Waals surface area (Å²) in [4.78, 5) is 18.6. The van der Waals surface area contributed by atoms with Gasteiger partial charge in [-0.1, -0.05) is 30.3 Å². The molecule has 0 aliphatic heterocycles. The van der Waals surface area contributed by atoms with Crippen LogP contribution in [0.5, 0.6) is 23.1 Å². The third-order valence-corrected chi connectivity index (χ3v) is 5.02. The lowest BCUT2D eigenvalue weighted by Gasteiger charge is -2.19. The van der Waals surface area contributed by atoms with Crippen molar-refractivity contribution in [3.8, 4) is 23.1 Å². The fraction of sp³-hybridized carbons (Fsp3) is 0.200. The average molecular weight is 479 g/mol. The number of rotatable bonds is 10. The van der Waals surface area contributed by atoms with Crippen LogP contribution in [0.25, 0.3) is 10.9 Å². The highest BCUT2D eigenvalue weighted by atomic mass is 19.1. The smallest absolute Gasteiger partial charge is 0.272 e. The second-order valence-electron chi connectivity index (χ2n) is 7.57. The molecule has 1 aromatic heterocycles. The largest absolute Gasteiger partial charge is 0.493 e. The quantitative estimate of drug-likeness (QED) is 0.218. The molecule has 0 spiro atoms. The van der Waals surface area contributed by atoms with Gasteiger partial charge in [-0.25, -0.2) is 14.4 Å². The zero-order chi connectivity index (χ0) is 24.8. The average Bonchev–Trinajstić information content (AvgIpc) is 2.86. The molecule has 4 rings (SSSR count). The zero-order valence-electron chi connectivity index (χ0n) is 19.0. The van der Waals surface area contributed by atoms with E-state index in [9.17, 15) is 14.5 Å². The van der Waals surface area contributed by atoms with E-state index in [0.29, 0.717) is 29.0 Å². The summed E-state index contributed by atoms with van der Waals surface area (Å²) >= 11 is 0. The number of halogens is 1. The highest BCUT2D eigenvalue weighted by molar-refractivity contribution is 5.92. The first-order valence-corrected chi connectivity index (χ1v) is 10.7. The first kappa shape index (κ1) is 23.8. The second kappa shape index (κ2) is 10.7. The number of nitro benzene ring substituents is 1. The number of benzene rings is 3. The summed E-state index contributed by atoms with van der Waals surface area (Å²) in [6.45, 7) is 2.55. The molecule has 0 aliphatic rings. The lowest BCUT2D eigenvalue weighted by atomic mass is 10.2. The summed E-state index contributed by atoms with van der Waals surface area (Å²) in [5, 5.41) is 11.3. The minimum Gasteiger partial charge on any atom is -0.493 e. The number of methoxy groups -OCH3 is 1. The minimum atomic E-state index is -0.904. The molecule has 0 bridgehead atoms. The molecule has 0 radical (unpaired) electrons. The van der Waals surface area contributed by atoms with E-state index in [1.165, 1.54) is 19.5 Å². The Morgan fingerprint density at radius 2 is 1.83 bits per heavy atom. The van der Waals surface area contributed by atoms with Gasteiger partial charge in [-0.05, 0) is 30.7 Å². The van der Waals surface area contributed by atoms with Gasteiger partial charge in [0.15, 0.2) is 23.1 Å². The first-order chi connectivity index (χ1) is 17.0. The Kier molecular flexibility index (Phi) is 7.32. The van der Waals surface area contributed by atoms with Crippen molar-refractivity contribution in [2.75, 3.05) is 13.7 Å². The highest BCUT2D eigenvalue weighted by Crippen LogP contribution is 2.41. The number of ether oxygens (including phenoxy) is 4. The summed E-state index contributed by atoms with van der Waals surface area (Å²) < 4.78 is 37.6. The molecule has 9 nitrogen and oxygen atoms in total. The van der Waals surface area contributed by atoms with Crippen LogP contribution >= 0.6 is 0 Å². The van der Waals surface area contributed by atoms with Gasteiger partial charge < -0.3 is 18.9 Å². The normalized spacial score (nSPS) is 11.7. The molecule has 0 unspecified atom stereocenters. The summed E-state index contributed by atoms with van der Waals surface area (Å²) in [5.41, 5.74) is 1.12. The molecule has 4 aromatic rings. The van der Waals surface area contributed by atoms with Gasteiger partial charge in [-0.2, -0.15) is 0 Å². The van der Waals surface area contributed by atoms with Gasteiger partial charge in [0.1, 0.15) is 17.8 Å². The molecular formula is C25H22FN3O6. The van der Waals surface area contributed by atoms with E-state index in [0.717, 1.165) is 17.7 Å². The molecule has 0 N–H and O–H groups in total. The van der Waals surface area contributed by atoms with Crippen molar-refractivity contribution in [2.45, 2.75) is 19.6 Å². The molecule has 0 amide bonds. The predicted molar refractivity (Wildman–Crippen MR) is 125 cm³/mol. The molecule has 10 heteroatoms. The lowest BCUT2D eigenvalue weighted by molar-refractivity contribution is -0.385. The molecule has 0 aliphatic carbocycles. The highest BCUT2D eigenvalue weighted by Gasteiger charge is 2.21. The Balaban J connectivity index is 1.61. The van der Waals surface area contributed by atoms with Crippen LogP contribution in [0.2, 0.25) is 0 Å². The van der Waals surface area contributed by atoms with Crippen LogP contribution < -0.4 is 14.2 Å². The maximum absolute atomic E-state index is 14.5. The zero-order valence-corrected chi connectivity index (χ0v) is 19.0. The molecule has 180 valence electrons. The van der Waals surface area contributed by atoms with Crippen molar-refractivity contribution in [1.82, 2.24) is 9.97 Å². The predicted octanol–water partition coefficient (Wildman–Crippen LogP) is 5.46. The Morgan fingerprint density at radius 1 is 1.06 bits per heavy atom. The number of hydrogen-bond donors (Lipinski definition) is 0. The molecule has 0 fully saturated rings. The Labute approximate surface area is 200 Å². The number of hydrogen-bond acceptors (Lipinski definition) is 8. The van der Waals surface area contributed by atoms with Crippen LogP contribution in [-0.2, 0) is 11.3 Å². The van der Waals surface area contributed by atoms with Gasteiger partial charge in [-0.3, -0.25) is 10.1 Å². The van der Waals surface area contributed by atoms with E-state index in [2.05, 4.69) is 9.97 Å². The number of non-ortho nitro benzene ring substituents is 1. The van der Waals surface area contributed by atoms with Gasteiger partial charge in [0.05, 0.1) is 36.8 Å². The van der Waals surface area contributed by atoms with Crippen LogP contribution in [0.3, 0.4) is 0 Å². The lowest BCUT2D eigenvalue weighted by Crippen LogP contribution is -2.19. The van der Waals surface area contributed by atoms with Crippen LogP contribution in [0, 0.1) is 15.9 Å². The van der Waals surface area contributed by atoms with E-state index in [-0.39, 0.29) is 24.3 Å². The molecule has 3 aromatic carbocycles. The van der Waals surface area contributed by atoms with Crippen molar-refractivity contribution in [1.29, 1.82) is 0 Å². The molecule has 0 saturated carbocycles. The Morgan fingerprint density at radius 3 is 2.54 bits per heavy atom. The van der Waals surface area contributed by atoms with Gasteiger partial charge >= 0.3 is 0 Å². The van der Waals surface area contributed by atoms with Crippen molar-refractivity contribution in [2.24, 2.45) is 0 Å². The number of fused-ring (bicyclic) bond motifs is 1. The minimum absolute atomic E-state index is 0.00839. The monoisotopic (exact) mass is 479 g/mol. The third-order valence-electron chi connectivity index (χ3n) is 5.02. The van der Waals surface area contributed by atoms with Gasteiger partial charge in [0.2, 0.25) is 5.88 Å². The molecular weight excluding hydrogens is 457 g/mol. The van der Waals surface area contributed by atoms with Crippen LogP contribution in [0.15, 0.2) is 67.0 Å². The number of nitrogens with zero attached hydrogens (tertiary/aromatic N) is 3. The second-order valence-corrected chi connectivity index (χ2v) is 7.57. The SMILES string of the molecule is COc1ccc2ncnc(Oc3ccc([N+](=O)[O-])cc3F)c2c1O[C@H](C)COCc1ccccc1. The van der Waals surface area contributed by atoms with Crippen LogP contribution in [0.1, 0.15) is 12.5 Å². The summed E-state index contributed by atoms with van der Waals surface area (Å²) in [5.74, 6) is -0.424. The Hall–Kier alpha value is -4.31. The maximum atomic E-state index is 14.5.